The number of carboxylic acids is 1. The maximum Gasteiger partial charge on any atom is 0.335 e. The average Bonchev–Trinajstić information content (AvgIpc) is 2.54. The highest BCUT2D eigenvalue weighted by Crippen LogP contribution is 2.33. The van der Waals surface area contributed by atoms with Crippen LogP contribution in [0.1, 0.15) is 61.0 Å². The highest BCUT2D eigenvalue weighted by molar-refractivity contribution is 7.92. The molecular formula is C19H23NO4S. The van der Waals surface area contributed by atoms with Crippen molar-refractivity contribution < 1.29 is 18.3 Å². The Morgan fingerprint density at radius 2 is 1.40 bits per heavy atom. The lowest BCUT2D eigenvalue weighted by Gasteiger charge is -2.20. The largest absolute Gasteiger partial charge is 0.478 e. The van der Waals surface area contributed by atoms with Crippen molar-refractivity contribution in [3.05, 3.63) is 59.2 Å². The van der Waals surface area contributed by atoms with Crippen molar-refractivity contribution >= 4 is 21.7 Å². The first-order valence-corrected chi connectivity index (χ1v) is 9.60. The smallest absolute Gasteiger partial charge is 0.335 e. The Morgan fingerprint density at radius 3 is 1.80 bits per heavy atom. The van der Waals surface area contributed by atoms with E-state index in [1.807, 2.05) is 45.9 Å². The summed E-state index contributed by atoms with van der Waals surface area (Å²) in [6.07, 6.45) is 0. The zero-order valence-corrected chi connectivity index (χ0v) is 15.6. The van der Waals surface area contributed by atoms with E-state index in [0.29, 0.717) is 5.69 Å². The van der Waals surface area contributed by atoms with Crippen molar-refractivity contribution in [2.24, 2.45) is 0 Å². The van der Waals surface area contributed by atoms with Crippen molar-refractivity contribution in [2.45, 2.75) is 44.4 Å². The maximum atomic E-state index is 12.8. The lowest BCUT2D eigenvalue weighted by molar-refractivity contribution is 0.0696. The van der Waals surface area contributed by atoms with Gasteiger partial charge in [-0.2, -0.15) is 0 Å². The highest BCUT2D eigenvalue weighted by atomic mass is 32.2. The van der Waals surface area contributed by atoms with Crippen LogP contribution in [-0.4, -0.2) is 19.5 Å². The van der Waals surface area contributed by atoms with Gasteiger partial charge < -0.3 is 5.11 Å². The molecule has 134 valence electrons. The molecule has 0 aliphatic carbocycles. The minimum absolute atomic E-state index is 0.0331. The minimum atomic E-state index is -3.81. The van der Waals surface area contributed by atoms with E-state index in [1.54, 1.807) is 0 Å². The van der Waals surface area contributed by atoms with Crippen LogP contribution in [-0.2, 0) is 10.0 Å². The summed E-state index contributed by atoms with van der Waals surface area (Å²) in [6, 6.07) is 11.0. The molecule has 2 aromatic carbocycles. The number of anilines is 1. The van der Waals surface area contributed by atoms with E-state index in [1.165, 1.54) is 24.3 Å². The number of benzene rings is 2. The molecule has 0 saturated heterocycles. The first-order valence-electron chi connectivity index (χ1n) is 8.12. The molecule has 0 heterocycles. The number of rotatable bonds is 6. The Hall–Kier alpha value is -2.34. The zero-order valence-electron chi connectivity index (χ0n) is 14.8. The van der Waals surface area contributed by atoms with Crippen LogP contribution in [0.5, 0.6) is 0 Å². The molecule has 0 aromatic heterocycles. The molecule has 0 amide bonds. The van der Waals surface area contributed by atoms with Crippen LogP contribution in [0.4, 0.5) is 5.69 Å². The van der Waals surface area contributed by atoms with Gasteiger partial charge in [-0.3, -0.25) is 4.72 Å². The second-order valence-corrected chi connectivity index (χ2v) is 8.24. The Morgan fingerprint density at radius 1 is 0.920 bits per heavy atom. The van der Waals surface area contributed by atoms with Gasteiger partial charge in [-0.1, -0.05) is 45.9 Å². The molecular weight excluding hydrogens is 338 g/mol. The average molecular weight is 361 g/mol. The molecule has 2 aromatic rings. The van der Waals surface area contributed by atoms with Crippen LogP contribution < -0.4 is 4.72 Å². The molecule has 0 aliphatic rings. The summed E-state index contributed by atoms with van der Waals surface area (Å²) in [6.45, 7) is 8.05. The van der Waals surface area contributed by atoms with Crippen LogP contribution in [0, 0.1) is 0 Å². The number of hydrogen-bond acceptors (Lipinski definition) is 3. The molecule has 0 unspecified atom stereocenters. The highest BCUT2D eigenvalue weighted by Gasteiger charge is 2.21. The van der Waals surface area contributed by atoms with Gasteiger partial charge in [0.1, 0.15) is 0 Å². The molecule has 0 aliphatic heterocycles. The fourth-order valence-electron chi connectivity index (χ4n) is 2.64. The van der Waals surface area contributed by atoms with Gasteiger partial charge in [-0.25, -0.2) is 13.2 Å². The number of carboxylic acid groups (broad SMARTS) is 1. The quantitative estimate of drug-likeness (QED) is 0.797. The fraction of sp³-hybridized carbons (Fsp3) is 0.316. The van der Waals surface area contributed by atoms with Crippen LogP contribution in [0.2, 0.25) is 0 Å². The molecule has 0 bridgehead atoms. The second kappa shape index (κ2) is 7.27. The molecule has 6 heteroatoms. The van der Waals surface area contributed by atoms with Crippen LogP contribution in [0.25, 0.3) is 0 Å². The van der Waals surface area contributed by atoms with E-state index in [0.717, 1.165) is 11.1 Å². The number of sulfonamides is 1. The molecule has 0 saturated carbocycles. The SMILES string of the molecule is CC(C)c1cccc(C(C)C)c1NS(=O)(=O)c1ccc(C(=O)O)cc1. The number of carbonyl (C=O) groups is 1. The monoisotopic (exact) mass is 361 g/mol. The maximum absolute atomic E-state index is 12.8. The summed E-state index contributed by atoms with van der Waals surface area (Å²) >= 11 is 0. The summed E-state index contributed by atoms with van der Waals surface area (Å²) in [5.41, 5.74) is 2.51. The molecule has 5 nitrogen and oxygen atoms in total. The second-order valence-electron chi connectivity index (χ2n) is 6.56. The van der Waals surface area contributed by atoms with Gasteiger partial charge in [-0.05, 0) is 47.2 Å². The van der Waals surface area contributed by atoms with Crippen molar-refractivity contribution in [2.75, 3.05) is 4.72 Å². The van der Waals surface area contributed by atoms with E-state index < -0.39 is 16.0 Å². The van der Waals surface area contributed by atoms with Gasteiger partial charge >= 0.3 is 5.97 Å². The third-order valence-electron chi connectivity index (χ3n) is 4.02. The third kappa shape index (κ3) is 4.20. The lowest BCUT2D eigenvalue weighted by Crippen LogP contribution is -2.16. The summed E-state index contributed by atoms with van der Waals surface area (Å²) in [4.78, 5) is 11.0. The van der Waals surface area contributed by atoms with Gasteiger partial charge in [0.25, 0.3) is 10.0 Å². The standard InChI is InChI=1S/C19H23NO4S/c1-12(2)16-6-5-7-17(13(3)4)18(16)20-25(23,24)15-10-8-14(9-11-15)19(21)22/h5-13,20H,1-4H3,(H,21,22). The lowest BCUT2D eigenvalue weighted by atomic mass is 9.93. The molecule has 2 rings (SSSR count). The number of para-hydroxylation sites is 1. The minimum Gasteiger partial charge on any atom is -0.478 e. The number of aromatic carboxylic acids is 1. The van der Waals surface area contributed by atoms with Crippen molar-refractivity contribution in [3.8, 4) is 0 Å². The summed E-state index contributed by atoms with van der Waals surface area (Å²) < 4.78 is 28.3. The third-order valence-corrected chi connectivity index (χ3v) is 5.39. The predicted molar refractivity (Wildman–Crippen MR) is 98.8 cm³/mol. The van der Waals surface area contributed by atoms with E-state index >= 15 is 0 Å². The van der Waals surface area contributed by atoms with Gasteiger partial charge in [0.2, 0.25) is 0 Å². The van der Waals surface area contributed by atoms with Crippen molar-refractivity contribution in [1.29, 1.82) is 0 Å². The Bertz CT molecular complexity index is 843. The van der Waals surface area contributed by atoms with E-state index in [4.69, 9.17) is 5.11 Å². The topological polar surface area (TPSA) is 83.5 Å². The Kier molecular flexibility index (Phi) is 5.52. The molecule has 0 fully saturated rings. The van der Waals surface area contributed by atoms with Gasteiger partial charge in [0.15, 0.2) is 0 Å². The predicted octanol–water partition coefficient (Wildman–Crippen LogP) is 4.43. The first kappa shape index (κ1) is 19.0. The molecule has 0 radical (unpaired) electrons. The number of hydrogen-bond donors (Lipinski definition) is 2. The number of nitrogens with one attached hydrogen (secondary N) is 1. The van der Waals surface area contributed by atoms with E-state index in [9.17, 15) is 13.2 Å². The molecule has 0 spiro atoms. The zero-order chi connectivity index (χ0) is 18.8. The summed E-state index contributed by atoms with van der Waals surface area (Å²) in [7, 11) is -3.81. The summed E-state index contributed by atoms with van der Waals surface area (Å²) in [5, 5.41) is 8.94. The van der Waals surface area contributed by atoms with Crippen LogP contribution in [0.15, 0.2) is 47.4 Å². The molecule has 2 N–H and O–H groups in total. The van der Waals surface area contributed by atoms with E-state index in [-0.39, 0.29) is 22.3 Å². The normalized spacial score (nSPS) is 11.8. The van der Waals surface area contributed by atoms with E-state index in [2.05, 4.69) is 4.72 Å². The van der Waals surface area contributed by atoms with Gasteiger partial charge in [0, 0.05) is 0 Å². The van der Waals surface area contributed by atoms with Crippen LogP contribution >= 0.6 is 0 Å². The Balaban J connectivity index is 2.48. The van der Waals surface area contributed by atoms with Crippen molar-refractivity contribution in [1.82, 2.24) is 0 Å². The van der Waals surface area contributed by atoms with Crippen LogP contribution in [0.3, 0.4) is 0 Å². The summed E-state index contributed by atoms with van der Waals surface area (Å²) in [5.74, 6) is -0.777. The fourth-order valence-corrected chi connectivity index (χ4v) is 3.76. The molecule has 25 heavy (non-hydrogen) atoms. The Labute approximate surface area is 148 Å². The first-order chi connectivity index (χ1) is 11.6. The van der Waals surface area contributed by atoms with Crippen molar-refractivity contribution in [3.63, 3.8) is 0 Å². The van der Waals surface area contributed by atoms with Gasteiger partial charge in [0.05, 0.1) is 16.1 Å². The van der Waals surface area contributed by atoms with Gasteiger partial charge in [-0.15, -0.1) is 0 Å². The molecule has 0 atom stereocenters.